The van der Waals surface area contributed by atoms with Crippen LogP contribution in [0.1, 0.15) is 84.3 Å². The number of rotatable bonds is 4. The van der Waals surface area contributed by atoms with Gasteiger partial charge in [0.1, 0.15) is 11.4 Å². The molecule has 1 spiro atoms. The second-order valence-electron chi connectivity index (χ2n) is 11.1. The van der Waals surface area contributed by atoms with Gasteiger partial charge in [-0.2, -0.15) is 5.21 Å². The number of hydrogen-bond donors (Lipinski definition) is 1. The molecule has 7 rings (SSSR count). The van der Waals surface area contributed by atoms with Crippen LogP contribution < -0.4 is 4.74 Å². The number of amides is 1. The Hall–Kier alpha value is -4.08. The van der Waals surface area contributed by atoms with E-state index >= 15 is 0 Å². The Labute approximate surface area is 219 Å². The highest BCUT2D eigenvalue weighted by Crippen LogP contribution is 2.42. The fourth-order valence-corrected chi connectivity index (χ4v) is 5.83. The van der Waals surface area contributed by atoms with Crippen molar-refractivity contribution >= 4 is 22.6 Å². The summed E-state index contributed by atoms with van der Waals surface area (Å²) >= 11 is 0. The topological polar surface area (TPSA) is 119 Å². The number of pyridine rings is 1. The van der Waals surface area contributed by atoms with E-state index in [2.05, 4.69) is 56.3 Å². The van der Waals surface area contributed by atoms with Gasteiger partial charge in [0.15, 0.2) is 5.78 Å². The number of tetrazole rings is 1. The van der Waals surface area contributed by atoms with Crippen molar-refractivity contribution in [2.45, 2.75) is 63.5 Å². The number of likely N-dealkylation sites (tertiary alicyclic amines) is 1. The molecule has 1 aromatic carbocycles. The van der Waals surface area contributed by atoms with Gasteiger partial charge in [0.2, 0.25) is 5.82 Å². The van der Waals surface area contributed by atoms with Crippen LogP contribution in [0.2, 0.25) is 0 Å². The molecule has 194 valence electrons. The van der Waals surface area contributed by atoms with Crippen molar-refractivity contribution in [3.05, 3.63) is 53.5 Å². The standard InChI is InChI=1S/C28H29N7O3/c1-16(2)22-13-21-24(36)14-28(38-25(21)15-29-22)6-9-34(10-7-28)27(37)17-11-20(26-30-32-33-31-26)19-5-8-35(18-3-4-18)23(19)12-17/h5,8,11-13,15-16,18H,3-4,6-7,9-10,14H2,1-2H3,(H,30,31,32,33). The van der Waals surface area contributed by atoms with E-state index in [1.54, 1.807) is 6.20 Å². The third kappa shape index (κ3) is 3.77. The highest BCUT2D eigenvalue weighted by molar-refractivity contribution is 6.03. The number of Topliss-reactive ketones (excluding diaryl/α,β-unsaturated/α-hetero) is 1. The van der Waals surface area contributed by atoms with Crippen LogP contribution >= 0.6 is 0 Å². The predicted molar refractivity (Wildman–Crippen MR) is 139 cm³/mol. The molecule has 0 radical (unpaired) electrons. The Kier molecular flexibility index (Phi) is 5.14. The molecule has 10 heteroatoms. The summed E-state index contributed by atoms with van der Waals surface area (Å²) in [5.74, 6) is 1.32. The second-order valence-corrected chi connectivity index (χ2v) is 11.1. The van der Waals surface area contributed by atoms with Crippen LogP contribution in [-0.2, 0) is 0 Å². The van der Waals surface area contributed by atoms with Crippen LogP contribution in [0.15, 0.2) is 36.7 Å². The molecule has 5 heterocycles. The van der Waals surface area contributed by atoms with Gasteiger partial charge in [0, 0.05) is 65.9 Å². The number of piperidine rings is 1. The van der Waals surface area contributed by atoms with Crippen LogP contribution in [0, 0.1) is 0 Å². The van der Waals surface area contributed by atoms with E-state index in [4.69, 9.17) is 4.74 Å². The summed E-state index contributed by atoms with van der Waals surface area (Å²) in [6.45, 7) is 5.14. The lowest BCUT2D eigenvalue weighted by molar-refractivity contribution is -0.00600. The van der Waals surface area contributed by atoms with E-state index in [-0.39, 0.29) is 17.6 Å². The third-order valence-electron chi connectivity index (χ3n) is 8.16. The fourth-order valence-electron chi connectivity index (χ4n) is 5.83. The number of carbonyl (C=O) groups excluding carboxylic acids is 2. The number of fused-ring (bicyclic) bond motifs is 2. The van der Waals surface area contributed by atoms with E-state index in [9.17, 15) is 9.59 Å². The number of benzene rings is 1. The summed E-state index contributed by atoms with van der Waals surface area (Å²) in [5.41, 5.74) is 3.32. The number of nitrogens with one attached hydrogen (secondary N) is 1. The average Bonchev–Trinajstić information content (AvgIpc) is 3.43. The normalized spacial score (nSPS) is 18.7. The maximum atomic E-state index is 13.8. The Balaban J connectivity index is 1.14. The SMILES string of the molecule is CC(C)c1cc2c(cn1)OC1(CCN(C(=O)c3cc(-c4nn[nH]n4)c4ccn(C5CC5)c4c3)CC1)CC2=O. The van der Waals surface area contributed by atoms with Crippen LogP contribution in [0.3, 0.4) is 0 Å². The van der Waals surface area contributed by atoms with Gasteiger partial charge in [-0.25, -0.2) is 0 Å². The summed E-state index contributed by atoms with van der Waals surface area (Å²) in [5, 5.41) is 15.6. The first-order chi connectivity index (χ1) is 18.4. The second kappa shape index (κ2) is 8.47. The molecular weight excluding hydrogens is 482 g/mol. The number of ether oxygens (including phenoxy) is 1. The zero-order valence-corrected chi connectivity index (χ0v) is 21.5. The average molecular weight is 512 g/mol. The lowest BCUT2D eigenvalue weighted by Gasteiger charge is -2.43. The van der Waals surface area contributed by atoms with Crippen LogP contribution in [0.25, 0.3) is 22.3 Å². The number of nitrogens with zero attached hydrogens (tertiary/aromatic N) is 6. The summed E-state index contributed by atoms with van der Waals surface area (Å²) in [7, 11) is 0. The maximum Gasteiger partial charge on any atom is 0.253 e. The van der Waals surface area contributed by atoms with Gasteiger partial charge in [-0.1, -0.05) is 13.8 Å². The van der Waals surface area contributed by atoms with Crippen LogP contribution in [0.5, 0.6) is 5.75 Å². The molecule has 0 atom stereocenters. The van der Waals surface area contributed by atoms with Gasteiger partial charge in [0.25, 0.3) is 5.91 Å². The summed E-state index contributed by atoms with van der Waals surface area (Å²) in [4.78, 5) is 33.2. The van der Waals surface area contributed by atoms with Crippen molar-refractivity contribution < 1.29 is 14.3 Å². The molecule has 4 aromatic rings. The minimum Gasteiger partial charge on any atom is -0.484 e. The molecule has 1 aliphatic carbocycles. The summed E-state index contributed by atoms with van der Waals surface area (Å²) < 4.78 is 8.66. The zero-order chi connectivity index (χ0) is 26.0. The van der Waals surface area contributed by atoms with Crippen molar-refractivity contribution in [1.82, 2.24) is 35.1 Å². The lowest BCUT2D eigenvalue weighted by Crippen LogP contribution is -2.52. The molecule has 1 N–H and O–H groups in total. The lowest BCUT2D eigenvalue weighted by atomic mass is 9.82. The van der Waals surface area contributed by atoms with Gasteiger partial charge in [-0.3, -0.25) is 14.6 Å². The number of carbonyl (C=O) groups is 2. The molecule has 2 fully saturated rings. The van der Waals surface area contributed by atoms with E-state index in [1.807, 2.05) is 23.1 Å². The third-order valence-corrected chi connectivity index (χ3v) is 8.16. The minimum atomic E-state index is -0.595. The quantitative estimate of drug-likeness (QED) is 0.433. The molecule has 10 nitrogen and oxygen atoms in total. The minimum absolute atomic E-state index is 0.0409. The molecule has 2 aliphatic heterocycles. The molecule has 3 aromatic heterocycles. The Morgan fingerprint density at radius 1 is 1.16 bits per heavy atom. The first-order valence-corrected chi connectivity index (χ1v) is 13.3. The largest absolute Gasteiger partial charge is 0.484 e. The van der Waals surface area contributed by atoms with Gasteiger partial charge in [0.05, 0.1) is 18.2 Å². The Bertz CT molecular complexity index is 1560. The molecular formula is C28H29N7O3. The number of aromatic nitrogens is 6. The van der Waals surface area contributed by atoms with Gasteiger partial charge < -0.3 is 14.2 Å². The fraction of sp³-hybridized carbons (Fsp3) is 0.429. The van der Waals surface area contributed by atoms with E-state index in [1.165, 1.54) is 0 Å². The van der Waals surface area contributed by atoms with Crippen molar-refractivity contribution in [2.24, 2.45) is 0 Å². The smallest absolute Gasteiger partial charge is 0.253 e. The van der Waals surface area contributed by atoms with Gasteiger partial charge in [-0.15, -0.1) is 10.2 Å². The van der Waals surface area contributed by atoms with Crippen molar-refractivity contribution in [3.8, 4) is 17.1 Å². The number of H-pyrrole nitrogens is 1. The molecule has 1 amide bonds. The zero-order valence-electron chi connectivity index (χ0n) is 21.5. The van der Waals surface area contributed by atoms with E-state index < -0.39 is 5.60 Å². The van der Waals surface area contributed by atoms with Gasteiger partial charge in [-0.05, 0) is 48.2 Å². The van der Waals surface area contributed by atoms with E-state index in [0.717, 1.165) is 35.0 Å². The van der Waals surface area contributed by atoms with Crippen LogP contribution in [-0.4, -0.2) is 65.5 Å². The highest BCUT2D eigenvalue weighted by atomic mass is 16.5. The van der Waals surface area contributed by atoms with E-state index in [0.29, 0.717) is 61.1 Å². The van der Waals surface area contributed by atoms with Gasteiger partial charge >= 0.3 is 0 Å². The predicted octanol–water partition coefficient (Wildman–Crippen LogP) is 4.31. The molecule has 0 bridgehead atoms. The number of hydrogen-bond acceptors (Lipinski definition) is 7. The Morgan fingerprint density at radius 2 is 1.97 bits per heavy atom. The number of aromatic amines is 1. The van der Waals surface area contributed by atoms with Crippen molar-refractivity contribution in [1.29, 1.82) is 0 Å². The molecule has 1 saturated carbocycles. The number of ketones is 1. The van der Waals surface area contributed by atoms with Crippen molar-refractivity contribution in [2.75, 3.05) is 13.1 Å². The molecule has 0 unspecified atom stereocenters. The highest BCUT2D eigenvalue weighted by Gasteiger charge is 2.44. The maximum absolute atomic E-state index is 13.8. The Morgan fingerprint density at radius 3 is 2.68 bits per heavy atom. The molecule has 3 aliphatic rings. The summed E-state index contributed by atoms with van der Waals surface area (Å²) in [6.07, 6.45) is 7.56. The van der Waals surface area contributed by atoms with Crippen LogP contribution in [0.4, 0.5) is 0 Å². The molecule has 38 heavy (non-hydrogen) atoms. The molecule has 1 saturated heterocycles. The van der Waals surface area contributed by atoms with Crippen molar-refractivity contribution in [3.63, 3.8) is 0 Å². The summed E-state index contributed by atoms with van der Waals surface area (Å²) in [6, 6.07) is 8.25. The first kappa shape index (κ1) is 23.1. The monoisotopic (exact) mass is 511 g/mol. The first-order valence-electron chi connectivity index (χ1n) is 13.3.